The Balaban J connectivity index is 1.54. The van der Waals surface area contributed by atoms with Gasteiger partial charge in [0.05, 0.1) is 0 Å². The number of hydrogen-bond acceptors (Lipinski definition) is 4. The number of piperidine rings is 1. The molecule has 0 N–H and O–H groups in total. The first kappa shape index (κ1) is 21.0. The van der Waals surface area contributed by atoms with E-state index in [9.17, 15) is 0 Å². The molecule has 1 heterocycles. The van der Waals surface area contributed by atoms with Crippen molar-refractivity contribution in [1.82, 2.24) is 4.90 Å². The highest BCUT2D eigenvalue weighted by atomic mass is 32.1. The Labute approximate surface area is 185 Å². The molecule has 4 heteroatoms. The number of oxime groups is 1. The topological polar surface area (TPSA) is 24.8 Å². The van der Waals surface area contributed by atoms with Crippen LogP contribution in [0.5, 0.6) is 0 Å². The summed E-state index contributed by atoms with van der Waals surface area (Å²) in [6.07, 6.45) is 5.03. The van der Waals surface area contributed by atoms with Crippen LogP contribution in [0.1, 0.15) is 42.4 Å². The van der Waals surface area contributed by atoms with Crippen LogP contribution in [0.25, 0.3) is 10.8 Å². The summed E-state index contributed by atoms with van der Waals surface area (Å²) >= 11 is 4.38. The Bertz CT molecular complexity index is 972. The number of fused-ring (bicyclic) bond motifs is 1. The predicted octanol–water partition coefficient (Wildman–Crippen LogP) is 5.91. The first-order chi connectivity index (χ1) is 14.8. The molecule has 0 aliphatic carbocycles. The van der Waals surface area contributed by atoms with Gasteiger partial charge in [0, 0.05) is 23.4 Å². The zero-order valence-electron chi connectivity index (χ0n) is 17.5. The second kappa shape index (κ2) is 10.6. The minimum atomic E-state index is 0.638. The molecule has 0 aromatic heterocycles. The van der Waals surface area contributed by atoms with E-state index in [1.807, 2.05) is 0 Å². The van der Waals surface area contributed by atoms with Crippen molar-refractivity contribution in [2.45, 2.75) is 31.4 Å². The number of thiol groups is 1. The van der Waals surface area contributed by atoms with Crippen molar-refractivity contribution in [2.75, 3.05) is 26.2 Å². The Morgan fingerprint density at radius 1 is 0.900 bits per heavy atom. The second-order valence-corrected chi connectivity index (χ2v) is 8.23. The summed E-state index contributed by atoms with van der Waals surface area (Å²) in [6, 6.07) is 23.2. The maximum absolute atomic E-state index is 5.85. The van der Waals surface area contributed by atoms with Crippen LogP contribution in [-0.2, 0) is 10.6 Å². The van der Waals surface area contributed by atoms with E-state index in [1.165, 1.54) is 48.7 Å². The zero-order valence-corrected chi connectivity index (χ0v) is 18.4. The van der Waals surface area contributed by atoms with E-state index in [0.717, 1.165) is 35.6 Å². The molecule has 0 bridgehead atoms. The van der Waals surface area contributed by atoms with Crippen molar-refractivity contribution in [3.63, 3.8) is 0 Å². The molecule has 156 valence electrons. The molecule has 0 amide bonds. The van der Waals surface area contributed by atoms with Gasteiger partial charge < -0.3 is 9.74 Å². The quantitative estimate of drug-likeness (QED) is 0.213. The monoisotopic (exact) mass is 418 g/mol. The summed E-state index contributed by atoms with van der Waals surface area (Å²) in [5.74, 6) is 0.730. The summed E-state index contributed by atoms with van der Waals surface area (Å²) in [6.45, 7) is 4.18. The Morgan fingerprint density at radius 2 is 1.67 bits per heavy atom. The molecule has 0 radical (unpaired) electrons. The van der Waals surface area contributed by atoms with E-state index in [-0.39, 0.29) is 0 Å². The van der Waals surface area contributed by atoms with Crippen LogP contribution < -0.4 is 0 Å². The van der Waals surface area contributed by atoms with Crippen molar-refractivity contribution in [3.05, 3.63) is 83.4 Å². The summed E-state index contributed by atoms with van der Waals surface area (Å²) in [7, 11) is 0. The molecule has 30 heavy (non-hydrogen) atoms. The first-order valence-corrected chi connectivity index (χ1v) is 11.6. The highest BCUT2D eigenvalue weighted by Gasteiger charge is 2.13. The van der Waals surface area contributed by atoms with Gasteiger partial charge in [0.15, 0.2) is 0 Å². The summed E-state index contributed by atoms with van der Waals surface area (Å²) in [5.41, 5.74) is 4.24. The fourth-order valence-corrected chi connectivity index (χ4v) is 4.31. The van der Waals surface area contributed by atoms with Crippen LogP contribution >= 0.6 is 12.6 Å². The SMILES string of the molecule is SCc1ccc(/C(=N/OCCCN2CCCCC2)c2cccc3ccccc23)cc1. The van der Waals surface area contributed by atoms with Gasteiger partial charge in [-0.05, 0) is 48.7 Å². The van der Waals surface area contributed by atoms with Gasteiger partial charge in [-0.3, -0.25) is 0 Å². The van der Waals surface area contributed by atoms with E-state index in [2.05, 4.69) is 89.4 Å². The van der Waals surface area contributed by atoms with Gasteiger partial charge in [-0.25, -0.2) is 0 Å². The number of nitrogens with zero attached hydrogens (tertiary/aromatic N) is 2. The molecule has 0 spiro atoms. The third-order valence-corrected chi connectivity index (χ3v) is 6.13. The van der Waals surface area contributed by atoms with Gasteiger partial charge in [0.25, 0.3) is 0 Å². The van der Waals surface area contributed by atoms with Crippen LogP contribution in [0.15, 0.2) is 71.9 Å². The molecule has 3 aromatic carbocycles. The number of likely N-dealkylation sites (tertiary alicyclic amines) is 1. The molecule has 3 aromatic rings. The fraction of sp³-hybridized carbons (Fsp3) is 0.346. The van der Waals surface area contributed by atoms with E-state index in [0.29, 0.717) is 6.61 Å². The van der Waals surface area contributed by atoms with E-state index in [4.69, 9.17) is 4.84 Å². The Hall–Kier alpha value is -2.30. The average Bonchev–Trinajstić information content (AvgIpc) is 2.82. The maximum Gasteiger partial charge on any atom is 0.118 e. The lowest BCUT2D eigenvalue weighted by atomic mass is 9.96. The normalized spacial score (nSPS) is 15.4. The van der Waals surface area contributed by atoms with Gasteiger partial charge in [0.1, 0.15) is 12.3 Å². The molecule has 4 rings (SSSR count). The largest absolute Gasteiger partial charge is 0.395 e. The van der Waals surface area contributed by atoms with Crippen molar-refractivity contribution in [2.24, 2.45) is 5.16 Å². The Morgan fingerprint density at radius 3 is 2.47 bits per heavy atom. The number of rotatable bonds is 8. The number of hydrogen-bond donors (Lipinski definition) is 1. The third-order valence-electron chi connectivity index (χ3n) is 5.77. The zero-order chi connectivity index (χ0) is 20.6. The summed E-state index contributed by atoms with van der Waals surface area (Å²) in [5, 5.41) is 7.03. The lowest BCUT2D eigenvalue weighted by Crippen LogP contribution is -2.31. The Kier molecular flexibility index (Phi) is 7.44. The summed E-state index contributed by atoms with van der Waals surface area (Å²) < 4.78 is 0. The highest BCUT2D eigenvalue weighted by molar-refractivity contribution is 7.79. The smallest absolute Gasteiger partial charge is 0.118 e. The number of benzene rings is 3. The molecule has 1 aliphatic rings. The van der Waals surface area contributed by atoms with Gasteiger partial charge in [-0.2, -0.15) is 12.6 Å². The molecule has 3 nitrogen and oxygen atoms in total. The molecule has 0 saturated carbocycles. The van der Waals surface area contributed by atoms with E-state index < -0.39 is 0 Å². The van der Waals surface area contributed by atoms with Crippen LogP contribution in [0, 0.1) is 0 Å². The standard InChI is InChI=1S/C26H30N2OS/c30-20-21-12-14-23(15-13-21)26(25-11-6-9-22-8-2-3-10-24(22)25)27-29-19-7-18-28-16-4-1-5-17-28/h2-3,6,8-15,30H,1,4-5,7,16-20H2/b27-26-. The minimum absolute atomic E-state index is 0.638. The van der Waals surface area contributed by atoms with Gasteiger partial charge >= 0.3 is 0 Å². The van der Waals surface area contributed by atoms with E-state index in [1.54, 1.807) is 0 Å². The van der Waals surface area contributed by atoms with Crippen molar-refractivity contribution in [1.29, 1.82) is 0 Å². The molecule has 1 saturated heterocycles. The lowest BCUT2D eigenvalue weighted by molar-refractivity contribution is 0.124. The van der Waals surface area contributed by atoms with Crippen LogP contribution in [0.3, 0.4) is 0 Å². The minimum Gasteiger partial charge on any atom is -0.395 e. The van der Waals surface area contributed by atoms with Crippen molar-refractivity contribution >= 4 is 29.1 Å². The third kappa shape index (κ3) is 5.24. The summed E-state index contributed by atoms with van der Waals surface area (Å²) in [4.78, 5) is 8.39. The molecule has 0 atom stereocenters. The predicted molar refractivity (Wildman–Crippen MR) is 130 cm³/mol. The van der Waals surface area contributed by atoms with Gasteiger partial charge in [0.2, 0.25) is 0 Å². The molecule has 0 unspecified atom stereocenters. The van der Waals surface area contributed by atoms with E-state index >= 15 is 0 Å². The fourth-order valence-electron chi connectivity index (χ4n) is 4.10. The maximum atomic E-state index is 5.85. The second-order valence-electron chi connectivity index (χ2n) is 7.91. The molecular formula is C26H30N2OS. The highest BCUT2D eigenvalue weighted by Crippen LogP contribution is 2.23. The molecular weight excluding hydrogens is 388 g/mol. The van der Waals surface area contributed by atoms with Crippen LogP contribution in [-0.4, -0.2) is 36.9 Å². The first-order valence-electron chi connectivity index (χ1n) is 11.0. The van der Waals surface area contributed by atoms with Crippen LogP contribution in [0.2, 0.25) is 0 Å². The van der Waals surface area contributed by atoms with Gasteiger partial charge in [-0.15, -0.1) is 0 Å². The van der Waals surface area contributed by atoms with Crippen molar-refractivity contribution in [3.8, 4) is 0 Å². The molecule has 1 fully saturated rings. The van der Waals surface area contributed by atoms with Crippen LogP contribution in [0.4, 0.5) is 0 Å². The average molecular weight is 419 g/mol. The molecule has 1 aliphatic heterocycles. The van der Waals surface area contributed by atoms with Crippen molar-refractivity contribution < 1.29 is 4.84 Å². The lowest BCUT2D eigenvalue weighted by Gasteiger charge is -2.25. The van der Waals surface area contributed by atoms with Gasteiger partial charge in [-0.1, -0.05) is 78.3 Å².